The summed E-state index contributed by atoms with van der Waals surface area (Å²) in [6, 6.07) is 0.273. The van der Waals surface area contributed by atoms with Crippen LogP contribution in [0.4, 0.5) is 0 Å². The topological polar surface area (TPSA) is 64.4 Å². The molecule has 0 radical (unpaired) electrons. The van der Waals surface area contributed by atoms with E-state index in [-0.39, 0.29) is 6.04 Å². The van der Waals surface area contributed by atoms with E-state index in [4.69, 9.17) is 11.5 Å². The van der Waals surface area contributed by atoms with Gasteiger partial charge >= 0.3 is 0 Å². The molecule has 1 aliphatic rings. The maximum absolute atomic E-state index is 5.84. The zero-order chi connectivity index (χ0) is 9.68. The fourth-order valence-electron chi connectivity index (χ4n) is 1.58. The van der Waals surface area contributed by atoms with E-state index >= 15 is 0 Å². The van der Waals surface area contributed by atoms with Gasteiger partial charge < -0.3 is 11.5 Å². The SMILES string of the molecule is CCCN=C1CCC(N)CC1=CN. The van der Waals surface area contributed by atoms with Crippen molar-refractivity contribution in [2.45, 2.75) is 38.6 Å². The third kappa shape index (κ3) is 2.84. The molecule has 1 atom stereocenters. The minimum Gasteiger partial charge on any atom is -0.404 e. The molecule has 1 saturated carbocycles. The van der Waals surface area contributed by atoms with E-state index in [0.717, 1.165) is 37.8 Å². The molecule has 0 spiro atoms. The molecule has 1 rings (SSSR count). The lowest BCUT2D eigenvalue weighted by Crippen LogP contribution is -2.29. The first-order chi connectivity index (χ1) is 6.27. The van der Waals surface area contributed by atoms with Crippen LogP contribution < -0.4 is 11.5 Å². The predicted octanol–water partition coefficient (Wildman–Crippen LogP) is 1.19. The van der Waals surface area contributed by atoms with Gasteiger partial charge in [-0.15, -0.1) is 0 Å². The van der Waals surface area contributed by atoms with E-state index < -0.39 is 0 Å². The van der Waals surface area contributed by atoms with E-state index in [1.165, 1.54) is 5.71 Å². The summed E-state index contributed by atoms with van der Waals surface area (Å²) in [5.41, 5.74) is 13.7. The van der Waals surface area contributed by atoms with Crippen LogP contribution in [0.3, 0.4) is 0 Å². The second-order valence-corrected chi connectivity index (χ2v) is 3.52. The van der Waals surface area contributed by atoms with Crippen LogP contribution in [0.5, 0.6) is 0 Å². The Hall–Kier alpha value is -0.830. The summed E-state index contributed by atoms with van der Waals surface area (Å²) in [5.74, 6) is 0. The fourth-order valence-corrected chi connectivity index (χ4v) is 1.58. The minimum atomic E-state index is 0.273. The van der Waals surface area contributed by atoms with Gasteiger partial charge in [-0.05, 0) is 37.5 Å². The summed E-state index contributed by atoms with van der Waals surface area (Å²) in [6.07, 6.45) is 5.67. The molecule has 0 aliphatic heterocycles. The number of rotatable bonds is 2. The van der Waals surface area contributed by atoms with E-state index in [1.54, 1.807) is 6.20 Å². The lowest BCUT2D eigenvalue weighted by Gasteiger charge is -2.22. The van der Waals surface area contributed by atoms with Gasteiger partial charge in [0.15, 0.2) is 0 Å². The average Bonchev–Trinajstić information content (AvgIpc) is 2.16. The molecular formula is C10H19N3. The highest BCUT2D eigenvalue weighted by Gasteiger charge is 2.18. The van der Waals surface area contributed by atoms with Crippen LogP contribution in [-0.4, -0.2) is 18.3 Å². The Balaban J connectivity index is 2.63. The maximum Gasteiger partial charge on any atom is 0.0395 e. The molecule has 0 amide bonds. The number of hydrogen-bond acceptors (Lipinski definition) is 3. The highest BCUT2D eigenvalue weighted by molar-refractivity contribution is 6.00. The summed E-state index contributed by atoms with van der Waals surface area (Å²) in [5, 5.41) is 0. The molecule has 1 aliphatic carbocycles. The molecule has 1 fully saturated rings. The van der Waals surface area contributed by atoms with Gasteiger partial charge in [-0.2, -0.15) is 0 Å². The summed E-state index contributed by atoms with van der Waals surface area (Å²) in [7, 11) is 0. The molecule has 13 heavy (non-hydrogen) atoms. The van der Waals surface area contributed by atoms with Gasteiger partial charge in [-0.1, -0.05) is 6.92 Å². The van der Waals surface area contributed by atoms with E-state index in [2.05, 4.69) is 11.9 Å². The number of aliphatic imine (C=N–C) groups is 1. The molecule has 1 unspecified atom stereocenters. The van der Waals surface area contributed by atoms with Gasteiger partial charge in [0, 0.05) is 18.3 Å². The third-order valence-electron chi connectivity index (χ3n) is 2.33. The second kappa shape index (κ2) is 5.02. The monoisotopic (exact) mass is 181 g/mol. The lowest BCUT2D eigenvalue weighted by molar-refractivity contribution is 0.605. The van der Waals surface area contributed by atoms with Gasteiger partial charge in [0.25, 0.3) is 0 Å². The Morgan fingerprint density at radius 1 is 1.62 bits per heavy atom. The molecule has 74 valence electrons. The first-order valence-electron chi connectivity index (χ1n) is 4.98. The molecular weight excluding hydrogens is 162 g/mol. The van der Waals surface area contributed by atoms with Crippen molar-refractivity contribution in [3.8, 4) is 0 Å². The summed E-state index contributed by atoms with van der Waals surface area (Å²) < 4.78 is 0. The van der Waals surface area contributed by atoms with Gasteiger partial charge in [-0.25, -0.2) is 0 Å². The summed E-state index contributed by atoms with van der Waals surface area (Å²) >= 11 is 0. The van der Waals surface area contributed by atoms with Crippen molar-refractivity contribution >= 4 is 5.71 Å². The van der Waals surface area contributed by atoms with Crippen LogP contribution in [0.15, 0.2) is 16.8 Å². The van der Waals surface area contributed by atoms with Crippen molar-refractivity contribution in [3.63, 3.8) is 0 Å². The molecule has 4 N–H and O–H groups in total. The Morgan fingerprint density at radius 2 is 2.38 bits per heavy atom. The number of nitrogens with two attached hydrogens (primary N) is 2. The molecule has 3 nitrogen and oxygen atoms in total. The van der Waals surface area contributed by atoms with Crippen molar-refractivity contribution < 1.29 is 0 Å². The first-order valence-corrected chi connectivity index (χ1v) is 4.98. The third-order valence-corrected chi connectivity index (χ3v) is 2.33. The molecule has 0 aromatic carbocycles. The number of hydrogen-bond donors (Lipinski definition) is 2. The van der Waals surface area contributed by atoms with E-state index in [0.29, 0.717) is 0 Å². The van der Waals surface area contributed by atoms with Crippen LogP contribution in [0.25, 0.3) is 0 Å². The zero-order valence-electron chi connectivity index (χ0n) is 8.29. The largest absolute Gasteiger partial charge is 0.404 e. The lowest BCUT2D eigenvalue weighted by atomic mass is 9.90. The highest BCUT2D eigenvalue weighted by Crippen LogP contribution is 2.19. The molecule has 0 aromatic rings. The fraction of sp³-hybridized carbons (Fsp3) is 0.700. The Morgan fingerprint density at radius 3 is 3.00 bits per heavy atom. The average molecular weight is 181 g/mol. The van der Waals surface area contributed by atoms with Crippen molar-refractivity contribution in [2.75, 3.05) is 6.54 Å². The second-order valence-electron chi connectivity index (χ2n) is 3.52. The zero-order valence-corrected chi connectivity index (χ0v) is 8.29. The Labute approximate surface area is 79.9 Å². The van der Waals surface area contributed by atoms with Crippen LogP contribution in [0.2, 0.25) is 0 Å². The van der Waals surface area contributed by atoms with E-state index in [1.807, 2.05) is 0 Å². The van der Waals surface area contributed by atoms with Gasteiger partial charge in [-0.3, -0.25) is 4.99 Å². The van der Waals surface area contributed by atoms with Gasteiger partial charge in [0.2, 0.25) is 0 Å². The van der Waals surface area contributed by atoms with Crippen molar-refractivity contribution in [2.24, 2.45) is 16.5 Å². The van der Waals surface area contributed by atoms with Crippen LogP contribution in [0, 0.1) is 0 Å². The molecule has 0 saturated heterocycles. The quantitative estimate of drug-likeness (QED) is 0.672. The molecule has 0 heterocycles. The predicted molar refractivity (Wildman–Crippen MR) is 56.7 cm³/mol. The maximum atomic E-state index is 5.84. The molecule has 3 heteroatoms. The summed E-state index contributed by atoms with van der Waals surface area (Å²) in [6.45, 7) is 3.03. The minimum absolute atomic E-state index is 0.273. The van der Waals surface area contributed by atoms with Gasteiger partial charge in [0.05, 0.1) is 0 Å². The Kier molecular flexibility index (Phi) is 3.96. The number of nitrogens with zero attached hydrogens (tertiary/aromatic N) is 1. The molecule has 0 bridgehead atoms. The van der Waals surface area contributed by atoms with Crippen molar-refractivity contribution in [3.05, 3.63) is 11.8 Å². The van der Waals surface area contributed by atoms with Crippen LogP contribution in [-0.2, 0) is 0 Å². The molecule has 0 aromatic heterocycles. The van der Waals surface area contributed by atoms with Crippen molar-refractivity contribution in [1.29, 1.82) is 0 Å². The van der Waals surface area contributed by atoms with Crippen LogP contribution in [0.1, 0.15) is 32.6 Å². The van der Waals surface area contributed by atoms with Crippen molar-refractivity contribution in [1.82, 2.24) is 0 Å². The smallest absolute Gasteiger partial charge is 0.0395 e. The van der Waals surface area contributed by atoms with Gasteiger partial charge in [0.1, 0.15) is 0 Å². The van der Waals surface area contributed by atoms with Crippen LogP contribution >= 0.6 is 0 Å². The normalized spacial score (nSPS) is 29.8. The highest BCUT2D eigenvalue weighted by atomic mass is 14.8. The standard InChI is InChI=1S/C10H19N3/c1-2-5-13-10-4-3-9(12)6-8(10)7-11/h7,9H,2-6,11-12H2,1H3. The first kappa shape index (κ1) is 10.3. The summed E-state index contributed by atoms with van der Waals surface area (Å²) in [4.78, 5) is 4.50. The van der Waals surface area contributed by atoms with E-state index in [9.17, 15) is 0 Å². The Bertz CT molecular complexity index is 218.